The SMILES string of the molecule is O=C(/C=C/c1ccncc1)N1CCCCC1. The van der Waals surface area contributed by atoms with E-state index in [9.17, 15) is 4.79 Å². The molecule has 2 heterocycles. The minimum absolute atomic E-state index is 0.122. The van der Waals surface area contributed by atoms with Crippen LogP contribution in [0, 0.1) is 0 Å². The summed E-state index contributed by atoms with van der Waals surface area (Å²) in [6.07, 6.45) is 10.5. The van der Waals surface area contributed by atoms with E-state index in [1.54, 1.807) is 18.5 Å². The maximum Gasteiger partial charge on any atom is 0.246 e. The van der Waals surface area contributed by atoms with Crippen LogP contribution in [0.1, 0.15) is 24.8 Å². The molecule has 0 unspecified atom stereocenters. The average Bonchev–Trinajstić information content (AvgIpc) is 2.38. The van der Waals surface area contributed by atoms with Gasteiger partial charge in [-0.1, -0.05) is 0 Å². The predicted octanol–water partition coefficient (Wildman–Crippen LogP) is 2.11. The standard InChI is InChI=1S/C13H16N2O/c16-13(15-10-2-1-3-11-15)5-4-12-6-8-14-9-7-12/h4-9H,1-3,10-11H2/b5-4+. The van der Waals surface area contributed by atoms with E-state index in [-0.39, 0.29) is 5.91 Å². The maximum absolute atomic E-state index is 11.8. The van der Waals surface area contributed by atoms with Crippen molar-refractivity contribution >= 4 is 12.0 Å². The minimum atomic E-state index is 0.122. The van der Waals surface area contributed by atoms with Gasteiger partial charge < -0.3 is 4.90 Å². The summed E-state index contributed by atoms with van der Waals surface area (Å²) >= 11 is 0. The van der Waals surface area contributed by atoms with Crippen LogP contribution in [0.2, 0.25) is 0 Å². The lowest BCUT2D eigenvalue weighted by Gasteiger charge is -2.25. The Bertz CT molecular complexity index is 367. The summed E-state index contributed by atoms with van der Waals surface area (Å²) in [5, 5.41) is 0. The Morgan fingerprint density at radius 3 is 2.56 bits per heavy atom. The monoisotopic (exact) mass is 216 g/mol. The fraction of sp³-hybridized carbons (Fsp3) is 0.385. The molecule has 84 valence electrons. The van der Waals surface area contributed by atoms with Crippen molar-refractivity contribution in [2.24, 2.45) is 0 Å². The third-order valence-electron chi connectivity index (χ3n) is 2.79. The van der Waals surface area contributed by atoms with Crippen molar-refractivity contribution in [2.45, 2.75) is 19.3 Å². The smallest absolute Gasteiger partial charge is 0.246 e. The highest BCUT2D eigenvalue weighted by Crippen LogP contribution is 2.09. The van der Waals surface area contributed by atoms with Crippen LogP contribution < -0.4 is 0 Å². The van der Waals surface area contributed by atoms with Crippen molar-refractivity contribution in [3.63, 3.8) is 0 Å². The summed E-state index contributed by atoms with van der Waals surface area (Å²) in [4.78, 5) is 17.6. The average molecular weight is 216 g/mol. The zero-order valence-electron chi connectivity index (χ0n) is 9.30. The molecule has 3 heteroatoms. The molecule has 0 N–H and O–H groups in total. The minimum Gasteiger partial charge on any atom is -0.339 e. The van der Waals surface area contributed by atoms with Crippen molar-refractivity contribution in [1.82, 2.24) is 9.88 Å². The second kappa shape index (κ2) is 5.45. The Hall–Kier alpha value is -1.64. The molecule has 0 saturated carbocycles. The first-order valence-electron chi connectivity index (χ1n) is 5.73. The molecule has 16 heavy (non-hydrogen) atoms. The van der Waals surface area contributed by atoms with Crippen molar-refractivity contribution in [3.8, 4) is 0 Å². The molecule has 2 rings (SSSR count). The summed E-state index contributed by atoms with van der Waals surface area (Å²) in [5.41, 5.74) is 1.01. The van der Waals surface area contributed by atoms with Crippen LogP contribution in [-0.4, -0.2) is 28.9 Å². The van der Waals surface area contributed by atoms with Gasteiger partial charge in [0.05, 0.1) is 0 Å². The second-order valence-corrected chi connectivity index (χ2v) is 4.00. The lowest BCUT2D eigenvalue weighted by molar-refractivity contribution is -0.126. The van der Waals surface area contributed by atoms with E-state index >= 15 is 0 Å². The molecule has 1 aromatic heterocycles. The van der Waals surface area contributed by atoms with Crippen molar-refractivity contribution in [2.75, 3.05) is 13.1 Å². The van der Waals surface area contributed by atoms with Gasteiger partial charge in [-0.15, -0.1) is 0 Å². The van der Waals surface area contributed by atoms with E-state index in [0.717, 1.165) is 31.5 Å². The largest absolute Gasteiger partial charge is 0.339 e. The van der Waals surface area contributed by atoms with Crippen molar-refractivity contribution < 1.29 is 4.79 Å². The Balaban J connectivity index is 1.93. The molecular weight excluding hydrogens is 200 g/mol. The quantitative estimate of drug-likeness (QED) is 0.709. The van der Waals surface area contributed by atoms with Crippen LogP contribution >= 0.6 is 0 Å². The fourth-order valence-corrected chi connectivity index (χ4v) is 1.86. The van der Waals surface area contributed by atoms with Gasteiger partial charge in [0.25, 0.3) is 0 Å². The van der Waals surface area contributed by atoms with Gasteiger partial charge in [0.15, 0.2) is 0 Å². The highest BCUT2D eigenvalue weighted by atomic mass is 16.2. The van der Waals surface area contributed by atoms with Crippen LogP contribution in [0.3, 0.4) is 0 Å². The number of hydrogen-bond acceptors (Lipinski definition) is 2. The van der Waals surface area contributed by atoms with Gasteiger partial charge in [0.2, 0.25) is 5.91 Å². The number of carbonyl (C=O) groups excluding carboxylic acids is 1. The van der Waals surface area contributed by atoms with Gasteiger partial charge in [-0.3, -0.25) is 9.78 Å². The maximum atomic E-state index is 11.8. The van der Waals surface area contributed by atoms with Crippen molar-refractivity contribution in [1.29, 1.82) is 0 Å². The number of amides is 1. The molecule has 1 fully saturated rings. The van der Waals surface area contributed by atoms with E-state index in [1.807, 2.05) is 23.1 Å². The zero-order valence-corrected chi connectivity index (χ0v) is 9.30. The summed E-state index contributed by atoms with van der Waals surface area (Å²) in [6, 6.07) is 3.78. The van der Waals surface area contributed by atoms with Gasteiger partial charge in [-0.25, -0.2) is 0 Å². The number of carbonyl (C=O) groups is 1. The highest BCUT2D eigenvalue weighted by Gasteiger charge is 2.13. The van der Waals surface area contributed by atoms with Gasteiger partial charge in [0.1, 0.15) is 0 Å². The number of hydrogen-bond donors (Lipinski definition) is 0. The molecule has 1 amide bonds. The molecular formula is C13H16N2O. The zero-order chi connectivity index (χ0) is 11.2. The van der Waals surface area contributed by atoms with Crippen LogP contribution in [0.4, 0.5) is 0 Å². The van der Waals surface area contributed by atoms with Crippen molar-refractivity contribution in [3.05, 3.63) is 36.2 Å². The van der Waals surface area contributed by atoms with E-state index in [1.165, 1.54) is 6.42 Å². The van der Waals surface area contributed by atoms with Gasteiger partial charge >= 0.3 is 0 Å². The number of pyridine rings is 1. The Labute approximate surface area is 95.8 Å². The summed E-state index contributed by atoms with van der Waals surface area (Å²) in [5.74, 6) is 0.122. The lowest BCUT2D eigenvalue weighted by Crippen LogP contribution is -2.34. The van der Waals surface area contributed by atoms with Gasteiger partial charge in [-0.05, 0) is 43.0 Å². The molecule has 0 aromatic carbocycles. The molecule has 1 saturated heterocycles. The first kappa shape index (κ1) is 10.9. The number of piperidine rings is 1. The van der Waals surface area contributed by atoms with Crippen LogP contribution in [0.15, 0.2) is 30.6 Å². The normalized spacial score (nSPS) is 16.6. The molecule has 0 spiro atoms. The van der Waals surface area contributed by atoms with Crippen LogP contribution in [0.5, 0.6) is 0 Å². The number of rotatable bonds is 2. The van der Waals surface area contributed by atoms with Gasteiger partial charge in [0, 0.05) is 31.6 Å². The lowest BCUT2D eigenvalue weighted by atomic mass is 10.1. The number of likely N-dealkylation sites (tertiary alicyclic amines) is 1. The van der Waals surface area contributed by atoms with Crippen LogP contribution in [0.25, 0.3) is 6.08 Å². The molecule has 1 aliphatic rings. The molecule has 0 atom stereocenters. The first-order chi connectivity index (χ1) is 7.86. The summed E-state index contributed by atoms with van der Waals surface area (Å²) in [6.45, 7) is 1.80. The molecule has 1 aromatic rings. The first-order valence-corrected chi connectivity index (χ1v) is 5.73. The molecule has 3 nitrogen and oxygen atoms in total. The second-order valence-electron chi connectivity index (χ2n) is 4.00. The Morgan fingerprint density at radius 1 is 1.19 bits per heavy atom. The molecule has 0 aliphatic carbocycles. The number of aromatic nitrogens is 1. The summed E-state index contributed by atoms with van der Waals surface area (Å²) < 4.78 is 0. The van der Waals surface area contributed by atoms with E-state index < -0.39 is 0 Å². The highest BCUT2D eigenvalue weighted by molar-refractivity contribution is 5.91. The third kappa shape index (κ3) is 2.92. The van der Waals surface area contributed by atoms with E-state index in [2.05, 4.69) is 4.98 Å². The van der Waals surface area contributed by atoms with Crippen LogP contribution in [-0.2, 0) is 4.79 Å². The fourth-order valence-electron chi connectivity index (χ4n) is 1.86. The molecule has 0 bridgehead atoms. The third-order valence-corrected chi connectivity index (χ3v) is 2.79. The summed E-state index contributed by atoms with van der Waals surface area (Å²) in [7, 11) is 0. The molecule has 0 radical (unpaired) electrons. The van der Waals surface area contributed by atoms with Gasteiger partial charge in [-0.2, -0.15) is 0 Å². The topological polar surface area (TPSA) is 33.2 Å². The van der Waals surface area contributed by atoms with E-state index in [4.69, 9.17) is 0 Å². The number of nitrogens with zero attached hydrogens (tertiary/aromatic N) is 2. The Morgan fingerprint density at radius 2 is 1.88 bits per heavy atom. The van der Waals surface area contributed by atoms with E-state index in [0.29, 0.717) is 0 Å². The predicted molar refractivity (Wildman–Crippen MR) is 63.7 cm³/mol. The Kier molecular flexibility index (Phi) is 3.70. The molecule has 1 aliphatic heterocycles.